The first-order chi connectivity index (χ1) is 15.7. The lowest BCUT2D eigenvalue weighted by molar-refractivity contribution is 0.103. The summed E-state index contributed by atoms with van der Waals surface area (Å²) in [7, 11) is -3.92. The molecule has 33 heavy (non-hydrogen) atoms. The Hall–Kier alpha value is -3.77. The number of amides is 1. The average molecular weight is 488 g/mol. The Kier molecular flexibility index (Phi) is 6.11. The lowest BCUT2D eigenvalue weighted by Gasteiger charge is -2.08. The van der Waals surface area contributed by atoms with Gasteiger partial charge in [-0.15, -0.1) is 11.3 Å². The van der Waals surface area contributed by atoms with Crippen molar-refractivity contribution in [1.29, 1.82) is 0 Å². The largest absolute Gasteiger partial charge is 0.321 e. The fraction of sp³-hybridized carbons (Fsp3) is 0.0476. The lowest BCUT2D eigenvalue weighted by atomic mass is 10.2. The number of anilines is 2. The van der Waals surface area contributed by atoms with Gasteiger partial charge in [0.2, 0.25) is 5.95 Å². The molecule has 0 bridgehead atoms. The number of carbonyl (C=O) groups excluding carboxylic acids is 1. The number of nitrogens with one attached hydrogen (secondary N) is 2. The van der Waals surface area contributed by atoms with Crippen molar-refractivity contribution in [2.45, 2.75) is 11.8 Å². The van der Waals surface area contributed by atoms with E-state index in [0.717, 1.165) is 23.5 Å². The second kappa shape index (κ2) is 9.00. The smallest absolute Gasteiger partial charge is 0.267 e. The van der Waals surface area contributed by atoms with E-state index >= 15 is 0 Å². The summed E-state index contributed by atoms with van der Waals surface area (Å²) in [4.78, 5) is 24.6. The number of aromatic nitrogens is 3. The molecule has 4 aromatic rings. The Balaban J connectivity index is 1.51. The molecule has 1 amide bonds. The first kappa shape index (κ1) is 22.4. The summed E-state index contributed by atoms with van der Waals surface area (Å²) < 4.78 is 55.3. The third-order valence-electron chi connectivity index (χ3n) is 4.39. The normalized spacial score (nSPS) is 11.2. The van der Waals surface area contributed by atoms with Gasteiger partial charge in [0, 0.05) is 18.1 Å². The molecule has 0 aliphatic heterocycles. The number of hydrogen-bond donors (Lipinski definition) is 2. The van der Waals surface area contributed by atoms with E-state index in [2.05, 4.69) is 25.0 Å². The predicted molar refractivity (Wildman–Crippen MR) is 119 cm³/mol. The van der Waals surface area contributed by atoms with Crippen LogP contribution in [-0.4, -0.2) is 29.3 Å². The molecule has 0 fully saturated rings. The van der Waals surface area contributed by atoms with Crippen molar-refractivity contribution in [2.24, 2.45) is 0 Å². The van der Waals surface area contributed by atoms with Crippen LogP contribution in [0.4, 0.5) is 20.4 Å². The summed E-state index contributed by atoms with van der Waals surface area (Å²) >= 11 is 0.854. The predicted octanol–water partition coefficient (Wildman–Crippen LogP) is 4.24. The summed E-state index contributed by atoms with van der Waals surface area (Å²) in [6.45, 7) is 1.56. The number of nitrogens with zero attached hydrogens (tertiary/aromatic N) is 3. The van der Waals surface area contributed by atoms with Crippen LogP contribution in [0.1, 0.15) is 15.4 Å². The molecule has 12 heteroatoms. The number of rotatable bonds is 6. The van der Waals surface area contributed by atoms with Gasteiger partial charge in [-0.25, -0.2) is 36.9 Å². The topological polar surface area (TPSA) is 114 Å². The number of benzene rings is 2. The van der Waals surface area contributed by atoms with Gasteiger partial charge in [-0.2, -0.15) is 0 Å². The van der Waals surface area contributed by atoms with Gasteiger partial charge in [-0.3, -0.25) is 4.79 Å². The van der Waals surface area contributed by atoms with E-state index in [9.17, 15) is 22.0 Å². The van der Waals surface area contributed by atoms with Crippen LogP contribution in [0.25, 0.3) is 10.6 Å². The maximum absolute atomic E-state index is 14.1. The van der Waals surface area contributed by atoms with Crippen molar-refractivity contribution in [3.05, 3.63) is 83.1 Å². The summed E-state index contributed by atoms with van der Waals surface area (Å²) in [6, 6.07) is 10.5. The highest BCUT2D eigenvalue weighted by atomic mass is 32.2. The highest BCUT2D eigenvalue weighted by molar-refractivity contribution is 7.92. The molecule has 2 heterocycles. The molecule has 2 N–H and O–H groups in total. The average Bonchev–Trinajstić information content (AvgIpc) is 3.15. The molecule has 0 radical (unpaired) electrons. The van der Waals surface area contributed by atoms with E-state index in [1.165, 1.54) is 42.7 Å². The maximum atomic E-state index is 14.1. The Bertz CT molecular complexity index is 1410. The minimum Gasteiger partial charge on any atom is -0.321 e. The minimum absolute atomic E-state index is 0.0453. The van der Waals surface area contributed by atoms with Crippen molar-refractivity contribution >= 4 is 38.9 Å². The number of thiazole rings is 1. The van der Waals surface area contributed by atoms with Crippen molar-refractivity contribution in [3.8, 4) is 10.6 Å². The van der Waals surface area contributed by atoms with E-state index in [-0.39, 0.29) is 26.3 Å². The van der Waals surface area contributed by atoms with Gasteiger partial charge >= 0.3 is 0 Å². The molecule has 0 aliphatic rings. The van der Waals surface area contributed by atoms with Gasteiger partial charge in [0.1, 0.15) is 21.5 Å². The first-order valence-corrected chi connectivity index (χ1v) is 11.7. The summed E-state index contributed by atoms with van der Waals surface area (Å²) in [5, 5.41) is 2.67. The fourth-order valence-corrected chi connectivity index (χ4v) is 4.82. The zero-order valence-electron chi connectivity index (χ0n) is 16.9. The van der Waals surface area contributed by atoms with Crippen LogP contribution in [0.3, 0.4) is 0 Å². The van der Waals surface area contributed by atoms with Gasteiger partial charge < -0.3 is 5.32 Å². The van der Waals surface area contributed by atoms with Crippen LogP contribution in [0.5, 0.6) is 0 Å². The monoisotopic (exact) mass is 487 g/mol. The second-order valence-corrected chi connectivity index (χ2v) is 9.37. The third kappa shape index (κ3) is 4.86. The molecule has 0 unspecified atom stereocenters. The number of halogens is 2. The molecule has 2 aromatic carbocycles. The highest BCUT2D eigenvalue weighted by Crippen LogP contribution is 2.32. The molecule has 168 valence electrons. The Morgan fingerprint density at radius 1 is 0.970 bits per heavy atom. The molecule has 0 saturated heterocycles. The van der Waals surface area contributed by atoms with Crippen molar-refractivity contribution < 1.29 is 22.0 Å². The molecule has 2 aromatic heterocycles. The van der Waals surface area contributed by atoms with Crippen molar-refractivity contribution in [3.63, 3.8) is 0 Å². The van der Waals surface area contributed by atoms with E-state index in [1.54, 1.807) is 13.0 Å². The van der Waals surface area contributed by atoms with Crippen LogP contribution in [-0.2, 0) is 10.0 Å². The standard InChI is InChI=1S/C21H15F2N5O3S2/c1-12-18(32-20(26-12)17-15(22)4-2-5-16(17)23)19(29)27-13-6-8-14(9-7-13)33(30,31)28-21-24-10-3-11-25-21/h2-11H,1H3,(H,27,29)(H,24,25,28). The van der Waals surface area contributed by atoms with E-state index in [4.69, 9.17) is 0 Å². The molecular weight excluding hydrogens is 472 g/mol. The molecule has 0 saturated carbocycles. The van der Waals surface area contributed by atoms with Gasteiger partial charge in [-0.05, 0) is 49.4 Å². The Morgan fingerprint density at radius 2 is 1.61 bits per heavy atom. The van der Waals surface area contributed by atoms with Crippen LogP contribution in [0.2, 0.25) is 0 Å². The molecule has 0 atom stereocenters. The first-order valence-electron chi connectivity index (χ1n) is 9.37. The molecule has 4 rings (SSSR count). The number of sulfonamides is 1. The number of hydrogen-bond acceptors (Lipinski definition) is 7. The van der Waals surface area contributed by atoms with E-state index in [1.807, 2.05) is 0 Å². The van der Waals surface area contributed by atoms with Crippen LogP contribution >= 0.6 is 11.3 Å². The molecule has 0 aliphatic carbocycles. The third-order valence-corrected chi connectivity index (χ3v) is 6.91. The van der Waals surface area contributed by atoms with E-state index < -0.39 is 27.6 Å². The fourth-order valence-electron chi connectivity index (χ4n) is 2.85. The van der Waals surface area contributed by atoms with Gasteiger partial charge in [-0.1, -0.05) is 6.07 Å². The Labute approximate surface area is 191 Å². The molecule has 8 nitrogen and oxygen atoms in total. The van der Waals surface area contributed by atoms with Crippen LogP contribution in [0, 0.1) is 18.6 Å². The molecule has 0 spiro atoms. The zero-order chi connectivity index (χ0) is 23.6. The van der Waals surface area contributed by atoms with Crippen molar-refractivity contribution in [1.82, 2.24) is 15.0 Å². The second-order valence-electron chi connectivity index (χ2n) is 6.69. The lowest BCUT2D eigenvalue weighted by Crippen LogP contribution is -2.15. The van der Waals surface area contributed by atoms with Gasteiger partial charge in [0.25, 0.3) is 15.9 Å². The van der Waals surface area contributed by atoms with Crippen molar-refractivity contribution in [2.75, 3.05) is 10.0 Å². The summed E-state index contributed by atoms with van der Waals surface area (Å²) in [6.07, 6.45) is 2.80. The Morgan fingerprint density at radius 3 is 2.24 bits per heavy atom. The van der Waals surface area contributed by atoms with Crippen LogP contribution < -0.4 is 10.0 Å². The van der Waals surface area contributed by atoms with Gasteiger partial charge in [0.15, 0.2) is 0 Å². The maximum Gasteiger partial charge on any atom is 0.267 e. The summed E-state index contributed by atoms with van der Waals surface area (Å²) in [5.74, 6) is -2.17. The number of aryl methyl sites for hydroxylation is 1. The highest BCUT2D eigenvalue weighted by Gasteiger charge is 2.21. The van der Waals surface area contributed by atoms with E-state index in [0.29, 0.717) is 11.4 Å². The molecular formula is C21H15F2N5O3S2. The van der Waals surface area contributed by atoms with Gasteiger partial charge in [0.05, 0.1) is 16.2 Å². The zero-order valence-corrected chi connectivity index (χ0v) is 18.5. The summed E-state index contributed by atoms with van der Waals surface area (Å²) in [5.41, 5.74) is 0.330. The quantitative estimate of drug-likeness (QED) is 0.421. The number of carbonyl (C=O) groups is 1. The minimum atomic E-state index is -3.92. The SMILES string of the molecule is Cc1nc(-c2c(F)cccc2F)sc1C(=O)Nc1ccc(S(=O)(=O)Nc2ncccn2)cc1. The van der Waals surface area contributed by atoms with Crippen LogP contribution in [0.15, 0.2) is 65.8 Å².